The molecule has 0 aromatic heterocycles. The van der Waals surface area contributed by atoms with Crippen molar-refractivity contribution in [2.24, 2.45) is 11.8 Å². The molecular formula is C16H23FN2O. The van der Waals surface area contributed by atoms with Crippen LogP contribution in [0, 0.1) is 17.7 Å². The first-order chi connectivity index (χ1) is 9.56. The fourth-order valence-corrected chi connectivity index (χ4v) is 2.87. The third kappa shape index (κ3) is 4.04. The second-order valence-electron chi connectivity index (χ2n) is 5.81. The van der Waals surface area contributed by atoms with Crippen LogP contribution in [0.1, 0.15) is 33.1 Å². The lowest BCUT2D eigenvalue weighted by atomic mass is 9.78. The van der Waals surface area contributed by atoms with Crippen molar-refractivity contribution in [1.29, 1.82) is 0 Å². The van der Waals surface area contributed by atoms with Gasteiger partial charge in [0.05, 0.1) is 6.54 Å². The number of rotatable bonds is 4. The Bertz CT molecular complexity index is 464. The zero-order valence-corrected chi connectivity index (χ0v) is 12.2. The molecule has 0 spiro atoms. The third-order valence-electron chi connectivity index (χ3n) is 4.34. The van der Waals surface area contributed by atoms with Crippen LogP contribution in [0.2, 0.25) is 0 Å². The van der Waals surface area contributed by atoms with Crippen molar-refractivity contribution in [3.8, 4) is 0 Å². The van der Waals surface area contributed by atoms with Crippen molar-refractivity contribution < 1.29 is 9.18 Å². The maximum absolute atomic E-state index is 13.0. The molecule has 3 unspecified atom stereocenters. The quantitative estimate of drug-likeness (QED) is 0.888. The molecular weight excluding hydrogens is 255 g/mol. The van der Waals surface area contributed by atoms with Gasteiger partial charge in [0.2, 0.25) is 5.91 Å². The summed E-state index contributed by atoms with van der Waals surface area (Å²) in [7, 11) is 0. The summed E-state index contributed by atoms with van der Waals surface area (Å²) in [6.07, 6.45) is 3.61. The highest BCUT2D eigenvalue weighted by atomic mass is 19.1. The van der Waals surface area contributed by atoms with Crippen LogP contribution in [0.15, 0.2) is 24.3 Å². The number of carbonyl (C=O) groups is 1. The fourth-order valence-electron chi connectivity index (χ4n) is 2.87. The van der Waals surface area contributed by atoms with Crippen LogP contribution < -0.4 is 10.6 Å². The molecule has 1 amide bonds. The Morgan fingerprint density at radius 2 is 2.15 bits per heavy atom. The lowest BCUT2D eigenvalue weighted by Gasteiger charge is -2.34. The number of hydrogen-bond donors (Lipinski definition) is 2. The second-order valence-corrected chi connectivity index (χ2v) is 5.81. The molecule has 20 heavy (non-hydrogen) atoms. The van der Waals surface area contributed by atoms with E-state index in [4.69, 9.17) is 0 Å². The van der Waals surface area contributed by atoms with E-state index in [9.17, 15) is 9.18 Å². The standard InChI is InChI=1S/C16H23FN2O/c1-11-5-3-8-15(12(11)2)18-10-16(20)19-14-7-4-6-13(17)9-14/h4,6-7,9,11-12,15,18H,3,5,8,10H2,1-2H3,(H,19,20). The minimum Gasteiger partial charge on any atom is -0.325 e. The van der Waals surface area contributed by atoms with Gasteiger partial charge in [0.25, 0.3) is 0 Å². The fraction of sp³-hybridized carbons (Fsp3) is 0.562. The van der Waals surface area contributed by atoms with E-state index < -0.39 is 0 Å². The SMILES string of the molecule is CC1CCCC(NCC(=O)Nc2cccc(F)c2)C1C. The van der Waals surface area contributed by atoms with Crippen molar-refractivity contribution in [1.82, 2.24) is 5.32 Å². The van der Waals surface area contributed by atoms with E-state index in [1.165, 1.54) is 25.0 Å². The van der Waals surface area contributed by atoms with Gasteiger partial charge >= 0.3 is 0 Å². The molecule has 0 bridgehead atoms. The van der Waals surface area contributed by atoms with Crippen LogP contribution in [-0.2, 0) is 4.79 Å². The molecule has 0 radical (unpaired) electrons. The molecule has 2 N–H and O–H groups in total. The summed E-state index contributed by atoms with van der Waals surface area (Å²) in [6.45, 7) is 4.79. The topological polar surface area (TPSA) is 41.1 Å². The smallest absolute Gasteiger partial charge is 0.238 e. The third-order valence-corrected chi connectivity index (χ3v) is 4.34. The van der Waals surface area contributed by atoms with E-state index in [0.29, 0.717) is 23.6 Å². The first-order valence-electron chi connectivity index (χ1n) is 7.35. The molecule has 1 saturated carbocycles. The van der Waals surface area contributed by atoms with Gasteiger partial charge in [0, 0.05) is 11.7 Å². The summed E-state index contributed by atoms with van der Waals surface area (Å²) in [4.78, 5) is 11.9. The summed E-state index contributed by atoms with van der Waals surface area (Å²) in [5.41, 5.74) is 0.502. The van der Waals surface area contributed by atoms with Crippen LogP contribution in [-0.4, -0.2) is 18.5 Å². The number of amides is 1. The molecule has 1 aliphatic carbocycles. The molecule has 1 aliphatic rings. The number of anilines is 1. The highest BCUT2D eigenvalue weighted by Gasteiger charge is 2.26. The Labute approximate surface area is 120 Å². The van der Waals surface area contributed by atoms with Gasteiger partial charge in [-0.1, -0.05) is 32.8 Å². The summed E-state index contributed by atoms with van der Waals surface area (Å²) in [6, 6.07) is 6.36. The Balaban J connectivity index is 1.80. The van der Waals surface area contributed by atoms with Gasteiger partial charge in [-0.25, -0.2) is 4.39 Å². The van der Waals surface area contributed by atoms with Crippen molar-refractivity contribution in [2.45, 2.75) is 39.2 Å². The van der Waals surface area contributed by atoms with E-state index in [1.54, 1.807) is 12.1 Å². The van der Waals surface area contributed by atoms with Gasteiger partial charge in [-0.2, -0.15) is 0 Å². The Kier molecular flexibility index (Phi) is 5.12. The van der Waals surface area contributed by atoms with E-state index in [1.807, 2.05) is 0 Å². The molecule has 4 heteroatoms. The molecule has 0 saturated heterocycles. The number of benzene rings is 1. The Morgan fingerprint density at radius 1 is 1.35 bits per heavy atom. The maximum atomic E-state index is 13.0. The molecule has 3 atom stereocenters. The lowest BCUT2D eigenvalue weighted by Crippen LogP contribution is -2.43. The second kappa shape index (κ2) is 6.84. The van der Waals surface area contributed by atoms with Gasteiger partial charge < -0.3 is 10.6 Å². The maximum Gasteiger partial charge on any atom is 0.238 e. The van der Waals surface area contributed by atoms with Crippen molar-refractivity contribution in [2.75, 3.05) is 11.9 Å². The highest BCUT2D eigenvalue weighted by Crippen LogP contribution is 2.29. The van der Waals surface area contributed by atoms with Crippen LogP contribution in [0.4, 0.5) is 10.1 Å². The summed E-state index contributed by atoms with van der Waals surface area (Å²) >= 11 is 0. The Hall–Kier alpha value is -1.42. The average molecular weight is 278 g/mol. The van der Waals surface area contributed by atoms with Crippen LogP contribution >= 0.6 is 0 Å². The summed E-state index contributed by atoms with van der Waals surface area (Å²) < 4.78 is 13.0. The largest absolute Gasteiger partial charge is 0.325 e. The molecule has 110 valence electrons. The van der Waals surface area contributed by atoms with E-state index in [2.05, 4.69) is 24.5 Å². The number of hydrogen-bond acceptors (Lipinski definition) is 2. The molecule has 0 heterocycles. The van der Waals surface area contributed by atoms with E-state index in [-0.39, 0.29) is 18.3 Å². The van der Waals surface area contributed by atoms with Gasteiger partial charge in [0.15, 0.2) is 0 Å². The van der Waals surface area contributed by atoms with Gasteiger partial charge in [-0.05, 0) is 36.5 Å². The Morgan fingerprint density at radius 3 is 2.90 bits per heavy atom. The normalized spacial score (nSPS) is 26.2. The van der Waals surface area contributed by atoms with E-state index in [0.717, 1.165) is 6.42 Å². The van der Waals surface area contributed by atoms with E-state index >= 15 is 0 Å². The molecule has 0 aliphatic heterocycles. The highest BCUT2D eigenvalue weighted by molar-refractivity contribution is 5.92. The zero-order valence-electron chi connectivity index (χ0n) is 12.2. The average Bonchev–Trinajstić information content (AvgIpc) is 2.40. The summed E-state index contributed by atoms with van der Waals surface area (Å²) in [5, 5.41) is 6.04. The van der Waals surface area contributed by atoms with Crippen LogP contribution in [0.3, 0.4) is 0 Å². The summed E-state index contributed by atoms with van der Waals surface area (Å²) in [5.74, 6) is 0.824. The van der Waals surface area contributed by atoms with Crippen molar-refractivity contribution >= 4 is 11.6 Å². The van der Waals surface area contributed by atoms with Crippen LogP contribution in [0.5, 0.6) is 0 Å². The van der Waals surface area contributed by atoms with Gasteiger partial charge in [-0.3, -0.25) is 4.79 Å². The minimum atomic E-state index is -0.342. The predicted molar refractivity (Wildman–Crippen MR) is 79.0 cm³/mol. The number of nitrogens with one attached hydrogen (secondary N) is 2. The molecule has 3 nitrogen and oxygen atoms in total. The monoisotopic (exact) mass is 278 g/mol. The predicted octanol–water partition coefficient (Wildman–Crippen LogP) is 3.18. The number of carbonyl (C=O) groups excluding carboxylic acids is 1. The lowest BCUT2D eigenvalue weighted by molar-refractivity contribution is -0.115. The molecule has 1 aromatic carbocycles. The van der Waals surface area contributed by atoms with Gasteiger partial charge in [-0.15, -0.1) is 0 Å². The molecule has 2 rings (SSSR count). The van der Waals surface area contributed by atoms with Crippen LogP contribution in [0.25, 0.3) is 0 Å². The zero-order chi connectivity index (χ0) is 14.5. The minimum absolute atomic E-state index is 0.124. The van der Waals surface area contributed by atoms with Crippen molar-refractivity contribution in [3.63, 3.8) is 0 Å². The van der Waals surface area contributed by atoms with Crippen molar-refractivity contribution in [3.05, 3.63) is 30.1 Å². The first-order valence-corrected chi connectivity index (χ1v) is 7.35. The van der Waals surface area contributed by atoms with Gasteiger partial charge in [0.1, 0.15) is 5.82 Å². The molecule has 1 fully saturated rings. The number of halogens is 1. The first kappa shape index (κ1) is 15.0. The molecule has 1 aromatic rings.